The number of Topliss-reactive ketones (excluding diaryl/α,β-unsaturated/α-hetero) is 1. The fraction of sp³-hybridized carbons (Fsp3) is 0.333. The summed E-state index contributed by atoms with van der Waals surface area (Å²) in [5.74, 6) is -0.667. The Morgan fingerprint density at radius 2 is 1.86 bits per heavy atom. The molecule has 1 N–H and O–H groups in total. The van der Waals surface area contributed by atoms with E-state index >= 15 is 0 Å². The van der Waals surface area contributed by atoms with Gasteiger partial charge < -0.3 is 10.0 Å². The summed E-state index contributed by atoms with van der Waals surface area (Å²) in [6.45, 7) is 6.04. The zero-order valence-corrected chi connectivity index (χ0v) is 16.2. The maximum Gasteiger partial charge on any atom is 0.264 e. The van der Waals surface area contributed by atoms with Crippen LogP contribution in [0.4, 0.5) is 5.69 Å². The Morgan fingerprint density at radius 1 is 1.14 bits per heavy atom. The number of rotatable bonds is 5. The number of aliphatic hydroxyl groups is 1. The molecule has 4 heteroatoms. The minimum absolute atomic E-state index is 0.212. The van der Waals surface area contributed by atoms with Crippen molar-refractivity contribution in [2.45, 2.75) is 44.6 Å². The van der Waals surface area contributed by atoms with Crippen molar-refractivity contribution in [2.75, 3.05) is 11.4 Å². The highest BCUT2D eigenvalue weighted by Gasteiger charge is 2.50. The van der Waals surface area contributed by atoms with Crippen LogP contribution in [0.15, 0.2) is 54.6 Å². The van der Waals surface area contributed by atoms with Crippen molar-refractivity contribution in [1.29, 1.82) is 0 Å². The van der Waals surface area contributed by atoms with Crippen LogP contribution in [0.3, 0.4) is 0 Å². The van der Waals surface area contributed by atoms with Gasteiger partial charge >= 0.3 is 0 Å². The number of hydrogen-bond donors (Lipinski definition) is 1. The summed E-state index contributed by atoms with van der Waals surface area (Å²) in [4.78, 5) is 27.7. The number of anilines is 1. The van der Waals surface area contributed by atoms with Gasteiger partial charge in [0.05, 0.1) is 12.1 Å². The van der Waals surface area contributed by atoms with Crippen molar-refractivity contribution in [3.63, 3.8) is 0 Å². The van der Waals surface area contributed by atoms with Gasteiger partial charge in [-0.05, 0) is 55.9 Å². The molecule has 4 nitrogen and oxygen atoms in total. The molecule has 4 rings (SSSR count). The van der Waals surface area contributed by atoms with Crippen LogP contribution < -0.4 is 4.90 Å². The molecule has 1 atom stereocenters. The van der Waals surface area contributed by atoms with Crippen molar-refractivity contribution in [2.24, 2.45) is 0 Å². The zero-order chi connectivity index (χ0) is 19.9. The average molecular weight is 375 g/mol. The number of aryl methyl sites for hydroxylation is 2. The molecule has 1 aliphatic carbocycles. The number of ketones is 1. The van der Waals surface area contributed by atoms with Gasteiger partial charge in [0, 0.05) is 17.7 Å². The average Bonchev–Trinajstić information content (AvgIpc) is 2.89. The van der Waals surface area contributed by atoms with Crippen LogP contribution in [-0.2, 0) is 23.2 Å². The number of fused-ring (bicyclic) bond motifs is 2. The van der Waals surface area contributed by atoms with E-state index in [1.807, 2.05) is 31.2 Å². The third-order valence-electron chi connectivity index (χ3n) is 5.75. The Morgan fingerprint density at radius 3 is 2.61 bits per heavy atom. The molecule has 0 aromatic heterocycles. The maximum absolute atomic E-state index is 13.1. The van der Waals surface area contributed by atoms with Gasteiger partial charge in [-0.1, -0.05) is 42.5 Å². The lowest BCUT2D eigenvalue weighted by molar-refractivity contribution is -0.135. The lowest BCUT2D eigenvalue weighted by Gasteiger charge is -2.23. The fourth-order valence-electron chi connectivity index (χ4n) is 4.35. The number of benzene rings is 2. The van der Waals surface area contributed by atoms with Crippen molar-refractivity contribution in [3.05, 3.63) is 76.9 Å². The van der Waals surface area contributed by atoms with Gasteiger partial charge in [0.25, 0.3) is 5.91 Å². The van der Waals surface area contributed by atoms with Crippen LogP contribution in [0, 0.1) is 0 Å². The lowest BCUT2D eigenvalue weighted by atomic mass is 9.85. The highest BCUT2D eigenvalue weighted by atomic mass is 16.3. The first kappa shape index (κ1) is 18.6. The van der Waals surface area contributed by atoms with E-state index in [0.717, 1.165) is 24.8 Å². The third-order valence-corrected chi connectivity index (χ3v) is 5.75. The molecule has 0 bridgehead atoms. The van der Waals surface area contributed by atoms with Gasteiger partial charge in [0.1, 0.15) is 0 Å². The van der Waals surface area contributed by atoms with Gasteiger partial charge in [-0.2, -0.15) is 0 Å². The Balaban J connectivity index is 1.66. The van der Waals surface area contributed by atoms with Gasteiger partial charge in [-0.25, -0.2) is 0 Å². The zero-order valence-electron chi connectivity index (χ0n) is 16.2. The van der Waals surface area contributed by atoms with Crippen LogP contribution in [0.25, 0.3) is 0 Å². The molecule has 0 radical (unpaired) electrons. The van der Waals surface area contributed by atoms with E-state index in [4.69, 9.17) is 0 Å². The van der Waals surface area contributed by atoms with E-state index in [2.05, 4.69) is 6.58 Å². The normalized spacial score (nSPS) is 20.6. The first-order chi connectivity index (χ1) is 13.4. The SMILES string of the molecule is C=C(C)CN1C(=O)[C@@](O)(CC(=O)c2ccc3c(c2)CCCC3)c2ccccc21. The first-order valence-electron chi connectivity index (χ1n) is 9.83. The van der Waals surface area contributed by atoms with E-state index in [0.29, 0.717) is 23.4 Å². The predicted molar refractivity (Wildman–Crippen MR) is 110 cm³/mol. The summed E-state index contributed by atoms with van der Waals surface area (Å²) >= 11 is 0. The largest absolute Gasteiger partial charge is 0.375 e. The summed E-state index contributed by atoms with van der Waals surface area (Å²) in [5.41, 5.74) is 3.21. The first-order valence-corrected chi connectivity index (χ1v) is 9.83. The second kappa shape index (κ2) is 7.02. The van der Waals surface area contributed by atoms with Crippen LogP contribution in [-0.4, -0.2) is 23.3 Å². The van der Waals surface area contributed by atoms with Crippen molar-refractivity contribution in [1.82, 2.24) is 0 Å². The molecule has 0 saturated carbocycles. The lowest BCUT2D eigenvalue weighted by Crippen LogP contribution is -2.42. The van der Waals surface area contributed by atoms with E-state index in [9.17, 15) is 14.7 Å². The highest BCUT2D eigenvalue weighted by Crippen LogP contribution is 2.43. The molecule has 28 heavy (non-hydrogen) atoms. The van der Waals surface area contributed by atoms with Crippen LogP contribution in [0.5, 0.6) is 0 Å². The van der Waals surface area contributed by atoms with Crippen LogP contribution in [0.2, 0.25) is 0 Å². The molecule has 2 aliphatic rings. The second-order valence-electron chi connectivity index (χ2n) is 8.02. The molecule has 0 saturated heterocycles. The number of nitrogens with zero attached hydrogens (tertiary/aromatic N) is 1. The smallest absolute Gasteiger partial charge is 0.264 e. The number of hydrogen-bond acceptors (Lipinski definition) is 3. The third kappa shape index (κ3) is 3.08. The van der Waals surface area contributed by atoms with Gasteiger partial charge in [0.15, 0.2) is 11.4 Å². The Hall–Kier alpha value is -2.72. The summed E-state index contributed by atoms with van der Waals surface area (Å²) < 4.78 is 0. The van der Waals surface area contributed by atoms with E-state index in [1.54, 1.807) is 18.2 Å². The van der Waals surface area contributed by atoms with Crippen LogP contribution in [0.1, 0.15) is 53.2 Å². The Labute approximate surface area is 165 Å². The number of carbonyl (C=O) groups is 2. The highest BCUT2D eigenvalue weighted by molar-refractivity contribution is 6.11. The maximum atomic E-state index is 13.1. The molecule has 1 amide bonds. The summed E-state index contributed by atoms with van der Waals surface area (Å²) in [6, 6.07) is 12.9. The quantitative estimate of drug-likeness (QED) is 0.636. The van der Waals surface area contributed by atoms with Crippen LogP contribution >= 0.6 is 0 Å². The number of para-hydroxylation sites is 1. The molecular weight excluding hydrogens is 350 g/mol. The summed E-state index contributed by atoms with van der Waals surface area (Å²) in [7, 11) is 0. The molecule has 0 spiro atoms. The second-order valence-corrected chi connectivity index (χ2v) is 8.02. The van der Waals surface area contributed by atoms with E-state index in [-0.39, 0.29) is 12.2 Å². The number of carbonyl (C=O) groups excluding carboxylic acids is 2. The van der Waals surface area contributed by atoms with Crippen molar-refractivity contribution in [3.8, 4) is 0 Å². The molecular formula is C24H25NO3. The van der Waals surface area contributed by atoms with Gasteiger partial charge in [0.2, 0.25) is 0 Å². The molecule has 2 aromatic rings. The van der Waals surface area contributed by atoms with E-state index in [1.165, 1.54) is 22.4 Å². The minimum Gasteiger partial charge on any atom is -0.375 e. The fourth-order valence-corrected chi connectivity index (χ4v) is 4.35. The molecule has 2 aromatic carbocycles. The van der Waals surface area contributed by atoms with E-state index < -0.39 is 11.5 Å². The summed E-state index contributed by atoms with van der Waals surface area (Å²) in [6.07, 6.45) is 4.10. The Bertz CT molecular complexity index is 978. The predicted octanol–water partition coefficient (Wildman–Crippen LogP) is 3.95. The topological polar surface area (TPSA) is 57.6 Å². The molecule has 1 heterocycles. The van der Waals surface area contributed by atoms with Crippen molar-refractivity contribution >= 4 is 17.4 Å². The standard InChI is InChI=1S/C24H25NO3/c1-16(2)15-25-21-10-6-5-9-20(21)24(28,23(25)27)14-22(26)19-12-11-17-7-3-4-8-18(17)13-19/h5-6,9-13,28H,1,3-4,7-8,14-15H2,2H3/t24-/m1/s1. The molecule has 144 valence electrons. The molecule has 0 unspecified atom stereocenters. The number of amides is 1. The van der Waals surface area contributed by atoms with Gasteiger partial charge in [-0.15, -0.1) is 0 Å². The molecule has 0 fully saturated rings. The molecule has 1 aliphatic heterocycles. The van der Waals surface area contributed by atoms with Crippen molar-refractivity contribution < 1.29 is 14.7 Å². The van der Waals surface area contributed by atoms with Gasteiger partial charge in [-0.3, -0.25) is 9.59 Å². The summed E-state index contributed by atoms with van der Waals surface area (Å²) in [5, 5.41) is 11.3. The Kier molecular flexibility index (Phi) is 4.68. The minimum atomic E-state index is -1.83. The monoisotopic (exact) mass is 375 g/mol.